The molecule has 39 heavy (non-hydrogen) atoms. The van der Waals surface area contributed by atoms with Gasteiger partial charge < -0.3 is 23.8 Å². The summed E-state index contributed by atoms with van der Waals surface area (Å²) in [7, 11) is 1.61. The maximum atomic E-state index is 13.6. The van der Waals surface area contributed by atoms with Gasteiger partial charge in [-0.15, -0.1) is 0 Å². The standard InChI is InChI=1S/C30H37Cl2N3O4/c1-23(2)18-35(20-26-9-6-15-33(26)19-24-8-4-5-10-28(24)32)29(36)21-34(16-7-17-38-3)30(37)22-39-27-13-11-25(31)12-14-27/h4-6,8-15,23H,7,16-22H2,1-3H3. The van der Waals surface area contributed by atoms with Crippen LogP contribution in [-0.4, -0.2) is 66.1 Å². The molecule has 1 aromatic heterocycles. The van der Waals surface area contributed by atoms with E-state index in [0.717, 1.165) is 11.3 Å². The average molecular weight is 575 g/mol. The van der Waals surface area contributed by atoms with Crippen molar-refractivity contribution in [3.63, 3.8) is 0 Å². The molecule has 2 amide bonds. The van der Waals surface area contributed by atoms with Gasteiger partial charge in [-0.2, -0.15) is 0 Å². The fourth-order valence-electron chi connectivity index (χ4n) is 4.17. The van der Waals surface area contributed by atoms with E-state index in [1.165, 1.54) is 0 Å². The van der Waals surface area contributed by atoms with Gasteiger partial charge >= 0.3 is 0 Å². The summed E-state index contributed by atoms with van der Waals surface area (Å²) < 4.78 is 12.9. The summed E-state index contributed by atoms with van der Waals surface area (Å²) in [6.07, 6.45) is 2.60. The molecule has 0 aliphatic carbocycles. The fraction of sp³-hybridized carbons (Fsp3) is 0.400. The van der Waals surface area contributed by atoms with Crippen molar-refractivity contribution in [1.82, 2.24) is 14.4 Å². The molecule has 9 heteroatoms. The second-order valence-electron chi connectivity index (χ2n) is 9.79. The molecule has 0 spiro atoms. The maximum Gasteiger partial charge on any atom is 0.260 e. The Hall–Kier alpha value is -3.00. The lowest BCUT2D eigenvalue weighted by Crippen LogP contribution is -2.45. The maximum absolute atomic E-state index is 13.6. The second-order valence-corrected chi connectivity index (χ2v) is 10.6. The van der Waals surface area contributed by atoms with Gasteiger partial charge in [-0.1, -0.05) is 55.2 Å². The van der Waals surface area contributed by atoms with Crippen LogP contribution >= 0.6 is 23.2 Å². The molecule has 0 saturated carbocycles. The largest absolute Gasteiger partial charge is 0.484 e. The number of hydrogen-bond acceptors (Lipinski definition) is 4. The zero-order valence-electron chi connectivity index (χ0n) is 22.8. The zero-order valence-corrected chi connectivity index (χ0v) is 24.3. The molecule has 0 aliphatic rings. The van der Waals surface area contributed by atoms with Gasteiger partial charge in [0.1, 0.15) is 5.75 Å². The van der Waals surface area contributed by atoms with Gasteiger partial charge in [0.05, 0.1) is 13.1 Å². The lowest BCUT2D eigenvalue weighted by atomic mass is 10.2. The second kappa shape index (κ2) is 15.6. The quantitative estimate of drug-likeness (QED) is 0.216. The van der Waals surface area contributed by atoms with Crippen LogP contribution in [0.1, 0.15) is 31.5 Å². The van der Waals surface area contributed by atoms with Crippen molar-refractivity contribution in [2.45, 2.75) is 33.4 Å². The molecule has 0 saturated heterocycles. The van der Waals surface area contributed by atoms with Crippen LogP contribution in [-0.2, 0) is 27.4 Å². The van der Waals surface area contributed by atoms with Gasteiger partial charge in [-0.05, 0) is 60.4 Å². The van der Waals surface area contributed by atoms with Gasteiger partial charge in [0.25, 0.3) is 5.91 Å². The first-order valence-electron chi connectivity index (χ1n) is 13.1. The SMILES string of the molecule is COCCCN(CC(=O)N(Cc1cccn1Cc1ccccc1Cl)CC(C)C)C(=O)COc1ccc(Cl)cc1. The Morgan fingerprint density at radius 3 is 2.38 bits per heavy atom. The number of hydrogen-bond donors (Lipinski definition) is 0. The van der Waals surface area contributed by atoms with Gasteiger partial charge in [-0.3, -0.25) is 9.59 Å². The number of carbonyl (C=O) groups excluding carboxylic acids is 2. The average Bonchev–Trinajstić information content (AvgIpc) is 3.34. The summed E-state index contributed by atoms with van der Waals surface area (Å²) in [4.78, 5) is 30.1. The molecule has 0 atom stereocenters. The van der Waals surface area contributed by atoms with Crippen molar-refractivity contribution in [3.05, 3.63) is 88.2 Å². The highest BCUT2D eigenvalue weighted by Crippen LogP contribution is 2.19. The van der Waals surface area contributed by atoms with E-state index < -0.39 is 0 Å². The number of nitrogens with zero attached hydrogens (tertiary/aromatic N) is 3. The first-order valence-corrected chi connectivity index (χ1v) is 13.8. The minimum atomic E-state index is -0.263. The van der Waals surface area contributed by atoms with Crippen LogP contribution in [0.4, 0.5) is 0 Å². The zero-order chi connectivity index (χ0) is 28.2. The van der Waals surface area contributed by atoms with E-state index in [9.17, 15) is 9.59 Å². The summed E-state index contributed by atoms with van der Waals surface area (Å²) in [6, 6.07) is 18.5. The number of halogens is 2. The topological polar surface area (TPSA) is 64.0 Å². The molecule has 1 heterocycles. The van der Waals surface area contributed by atoms with Crippen molar-refractivity contribution in [2.75, 3.05) is 40.0 Å². The van der Waals surface area contributed by atoms with Gasteiger partial charge in [0.15, 0.2) is 6.61 Å². The third-order valence-electron chi connectivity index (χ3n) is 6.14. The van der Waals surface area contributed by atoms with E-state index >= 15 is 0 Å². The predicted octanol–water partition coefficient (Wildman–Crippen LogP) is 5.77. The van der Waals surface area contributed by atoms with Crippen LogP contribution in [0.3, 0.4) is 0 Å². The van der Waals surface area contributed by atoms with Crippen molar-refractivity contribution < 1.29 is 19.1 Å². The highest BCUT2D eigenvalue weighted by atomic mass is 35.5. The van der Waals surface area contributed by atoms with E-state index in [1.807, 2.05) is 47.5 Å². The van der Waals surface area contributed by atoms with Crippen molar-refractivity contribution in [2.24, 2.45) is 5.92 Å². The number of benzene rings is 2. The molecule has 2 aromatic carbocycles. The number of ether oxygens (including phenoxy) is 2. The highest BCUT2D eigenvalue weighted by molar-refractivity contribution is 6.31. The number of rotatable bonds is 15. The van der Waals surface area contributed by atoms with E-state index in [0.29, 0.717) is 55.0 Å². The molecule has 3 rings (SSSR count). The Morgan fingerprint density at radius 2 is 1.69 bits per heavy atom. The Labute approximate surface area is 241 Å². The molecule has 0 bridgehead atoms. The van der Waals surface area contributed by atoms with E-state index in [-0.39, 0.29) is 30.9 Å². The molecule has 3 aromatic rings. The van der Waals surface area contributed by atoms with Crippen LogP contribution in [0.25, 0.3) is 0 Å². The summed E-state index contributed by atoms with van der Waals surface area (Å²) in [5.74, 6) is 0.413. The molecule has 0 N–H and O–H groups in total. The number of amides is 2. The first kappa shape index (κ1) is 30.5. The molecule has 0 aliphatic heterocycles. The smallest absolute Gasteiger partial charge is 0.260 e. The third kappa shape index (κ3) is 9.92. The summed E-state index contributed by atoms with van der Waals surface area (Å²) in [6.45, 7) is 6.41. The molecule has 0 fully saturated rings. The van der Waals surface area contributed by atoms with Crippen molar-refractivity contribution in [1.29, 1.82) is 0 Å². The Kier molecular flexibility index (Phi) is 12.2. The van der Waals surface area contributed by atoms with Crippen molar-refractivity contribution >= 4 is 35.0 Å². The normalized spacial score (nSPS) is 11.0. The number of carbonyl (C=O) groups is 2. The van der Waals surface area contributed by atoms with Crippen LogP contribution in [0.5, 0.6) is 5.75 Å². The molecular weight excluding hydrogens is 537 g/mol. The predicted molar refractivity (Wildman–Crippen MR) is 155 cm³/mol. The van der Waals surface area contributed by atoms with Gasteiger partial charge in [0, 0.05) is 55.3 Å². The summed E-state index contributed by atoms with van der Waals surface area (Å²) >= 11 is 12.3. The highest BCUT2D eigenvalue weighted by Gasteiger charge is 2.23. The molecule has 7 nitrogen and oxygen atoms in total. The van der Waals surface area contributed by atoms with Crippen LogP contribution in [0, 0.1) is 5.92 Å². The van der Waals surface area contributed by atoms with E-state index in [1.54, 1.807) is 36.3 Å². The van der Waals surface area contributed by atoms with E-state index in [2.05, 4.69) is 18.4 Å². The fourth-order valence-corrected chi connectivity index (χ4v) is 4.49. The van der Waals surface area contributed by atoms with Crippen LogP contribution in [0.2, 0.25) is 10.0 Å². The van der Waals surface area contributed by atoms with Crippen LogP contribution in [0.15, 0.2) is 66.9 Å². The Balaban J connectivity index is 1.70. The lowest BCUT2D eigenvalue weighted by Gasteiger charge is -2.29. The monoisotopic (exact) mass is 573 g/mol. The number of methoxy groups -OCH3 is 1. The molecule has 0 unspecified atom stereocenters. The Morgan fingerprint density at radius 1 is 0.949 bits per heavy atom. The van der Waals surface area contributed by atoms with Crippen LogP contribution < -0.4 is 4.74 Å². The van der Waals surface area contributed by atoms with Crippen molar-refractivity contribution in [3.8, 4) is 5.75 Å². The minimum Gasteiger partial charge on any atom is -0.484 e. The van der Waals surface area contributed by atoms with E-state index in [4.69, 9.17) is 32.7 Å². The summed E-state index contributed by atoms with van der Waals surface area (Å²) in [5.41, 5.74) is 2.00. The van der Waals surface area contributed by atoms with Gasteiger partial charge in [-0.25, -0.2) is 0 Å². The first-order chi connectivity index (χ1) is 18.8. The lowest BCUT2D eigenvalue weighted by molar-refractivity contribution is -0.142. The molecule has 0 radical (unpaired) electrons. The summed E-state index contributed by atoms with van der Waals surface area (Å²) in [5, 5.41) is 1.29. The van der Waals surface area contributed by atoms with Gasteiger partial charge in [0.2, 0.25) is 5.91 Å². The Bertz CT molecular complexity index is 1200. The minimum absolute atomic E-state index is 0.0372. The third-order valence-corrected chi connectivity index (χ3v) is 6.77. The molecule has 210 valence electrons. The number of aromatic nitrogens is 1. The molecular formula is C30H37Cl2N3O4.